The molecular weight excluding hydrogens is 294 g/mol. The number of aliphatic hydroxyl groups excluding tert-OH is 1. The van der Waals surface area contributed by atoms with Crippen molar-refractivity contribution in [1.29, 1.82) is 0 Å². The number of carbonyl (C=O) groups excluding carboxylic acids is 1. The predicted molar refractivity (Wildman–Crippen MR) is 66.2 cm³/mol. The van der Waals surface area contributed by atoms with Crippen LogP contribution in [-0.4, -0.2) is 30.3 Å². The molecule has 2 atom stereocenters. The molecule has 4 nitrogen and oxygen atoms in total. The van der Waals surface area contributed by atoms with Gasteiger partial charge >= 0.3 is 6.61 Å². The van der Waals surface area contributed by atoms with Crippen LogP contribution in [0.3, 0.4) is 0 Å². The van der Waals surface area contributed by atoms with Crippen molar-refractivity contribution >= 4 is 5.91 Å². The SMILES string of the molecule is CC(CO)C(C)NC(=O)c1c(F)cc(OC(F)F)cc1F. The van der Waals surface area contributed by atoms with Crippen LogP contribution in [0, 0.1) is 17.6 Å². The lowest BCUT2D eigenvalue weighted by Crippen LogP contribution is -2.39. The second kappa shape index (κ2) is 7.26. The fourth-order valence-corrected chi connectivity index (χ4v) is 1.52. The van der Waals surface area contributed by atoms with Gasteiger partial charge in [0, 0.05) is 24.8 Å². The Bertz CT molecular complexity index is 487. The number of ether oxygens (including phenoxy) is 1. The van der Waals surface area contributed by atoms with E-state index >= 15 is 0 Å². The molecule has 0 saturated carbocycles. The van der Waals surface area contributed by atoms with Crippen LogP contribution >= 0.6 is 0 Å². The summed E-state index contributed by atoms with van der Waals surface area (Å²) in [5, 5.41) is 11.3. The molecule has 0 bridgehead atoms. The number of hydrogen-bond donors (Lipinski definition) is 2. The maximum atomic E-state index is 13.7. The minimum Gasteiger partial charge on any atom is -0.435 e. The zero-order chi connectivity index (χ0) is 16.2. The van der Waals surface area contributed by atoms with Crippen LogP contribution in [-0.2, 0) is 0 Å². The molecule has 2 N–H and O–H groups in total. The van der Waals surface area contributed by atoms with Gasteiger partial charge in [0.25, 0.3) is 5.91 Å². The van der Waals surface area contributed by atoms with Gasteiger partial charge in [0.05, 0.1) is 0 Å². The third kappa shape index (κ3) is 4.59. The van der Waals surface area contributed by atoms with Crippen LogP contribution in [0.15, 0.2) is 12.1 Å². The summed E-state index contributed by atoms with van der Waals surface area (Å²) in [7, 11) is 0. The summed E-state index contributed by atoms with van der Waals surface area (Å²) in [6.07, 6.45) is 0. The summed E-state index contributed by atoms with van der Waals surface area (Å²) < 4.78 is 55.2. The molecular formula is C13H15F4NO3. The highest BCUT2D eigenvalue weighted by atomic mass is 19.3. The first-order valence-corrected chi connectivity index (χ1v) is 6.11. The molecule has 0 saturated heterocycles. The Morgan fingerprint density at radius 3 is 2.24 bits per heavy atom. The smallest absolute Gasteiger partial charge is 0.387 e. The van der Waals surface area contributed by atoms with Crippen molar-refractivity contribution in [2.75, 3.05) is 6.61 Å². The molecule has 8 heteroatoms. The number of nitrogens with one attached hydrogen (secondary N) is 1. The maximum absolute atomic E-state index is 13.7. The van der Waals surface area contributed by atoms with Gasteiger partial charge in [0.1, 0.15) is 22.9 Å². The number of aliphatic hydroxyl groups is 1. The van der Waals surface area contributed by atoms with Crippen LogP contribution in [0.4, 0.5) is 17.6 Å². The molecule has 118 valence electrons. The van der Waals surface area contributed by atoms with Crippen LogP contribution in [0.1, 0.15) is 24.2 Å². The second-order valence-electron chi connectivity index (χ2n) is 4.56. The molecule has 1 amide bonds. The van der Waals surface area contributed by atoms with E-state index in [9.17, 15) is 22.4 Å². The zero-order valence-corrected chi connectivity index (χ0v) is 11.4. The van der Waals surface area contributed by atoms with Crippen LogP contribution < -0.4 is 10.1 Å². The summed E-state index contributed by atoms with van der Waals surface area (Å²) in [6, 6.07) is 0.479. The Labute approximate surface area is 118 Å². The molecule has 0 fully saturated rings. The molecule has 1 aromatic carbocycles. The van der Waals surface area contributed by atoms with Gasteiger partial charge in [-0.15, -0.1) is 0 Å². The monoisotopic (exact) mass is 309 g/mol. The third-order valence-electron chi connectivity index (χ3n) is 2.97. The van der Waals surface area contributed by atoms with E-state index in [1.54, 1.807) is 13.8 Å². The number of alkyl halides is 2. The Hall–Kier alpha value is -1.83. The zero-order valence-electron chi connectivity index (χ0n) is 11.4. The maximum Gasteiger partial charge on any atom is 0.387 e. The van der Waals surface area contributed by atoms with Crippen molar-refractivity contribution in [3.8, 4) is 5.75 Å². The number of rotatable bonds is 6. The fraction of sp³-hybridized carbons (Fsp3) is 0.462. The summed E-state index contributed by atoms with van der Waals surface area (Å²) in [6.45, 7) is -0.248. The highest BCUT2D eigenvalue weighted by Gasteiger charge is 2.23. The van der Waals surface area contributed by atoms with Crippen molar-refractivity contribution in [2.24, 2.45) is 5.92 Å². The normalized spacial score (nSPS) is 13.9. The van der Waals surface area contributed by atoms with E-state index in [1.807, 2.05) is 0 Å². The Morgan fingerprint density at radius 1 is 1.29 bits per heavy atom. The van der Waals surface area contributed by atoms with E-state index < -0.39 is 41.5 Å². The van der Waals surface area contributed by atoms with E-state index in [0.717, 1.165) is 0 Å². The standard InChI is InChI=1S/C13H15F4NO3/c1-6(5-19)7(2)18-12(20)11-9(14)3-8(4-10(11)15)21-13(16)17/h3-4,6-7,13,19H,5H2,1-2H3,(H,18,20). The van der Waals surface area contributed by atoms with Crippen LogP contribution in [0.2, 0.25) is 0 Å². The Kier molecular flexibility index (Phi) is 5.95. The van der Waals surface area contributed by atoms with Crippen molar-refractivity contribution in [2.45, 2.75) is 26.5 Å². The lowest BCUT2D eigenvalue weighted by molar-refractivity contribution is -0.0501. The van der Waals surface area contributed by atoms with Crippen molar-refractivity contribution in [1.82, 2.24) is 5.32 Å². The van der Waals surface area contributed by atoms with Gasteiger partial charge in [-0.25, -0.2) is 8.78 Å². The lowest BCUT2D eigenvalue weighted by atomic mass is 10.0. The number of carbonyl (C=O) groups is 1. The molecule has 2 unspecified atom stereocenters. The summed E-state index contributed by atoms with van der Waals surface area (Å²) >= 11 is 0. The first-order chi connectivity index (χ1) is 9.76. The number of hydrogen-bond acceptors (Lipinski definition) is 3. The molecule has 0 aliphatic rings. The number of halogens is 4. The largest absolute Gasteiger partial charge is 0.435 e. The van der Waals surface area contributed by atoms with Crippen molar-refractivity contribution in [3.05, 3.63) is 29.3 Å². The predicted octanol–water partition coefficient (Wildman–Crippen LogP) is 2.31. The van der Waals surface area contributed by atoms with Gasteiger partial charge in [-0.05, 0) is 12.8 Å². The third-order valence-corrected chi connectivity index (χ3v) is 2.97. The average Bonchev–Trinajstić information content (AvgIpc) is 2.35. The molecule has 0 spiro atoms. The van der Waals surface area contributed by atoms with Gasteiger partial charge in [-0.2, -0.15) is 8.78 Å². The summed E-state index contributed by atoms with van der Waals surface area (Å²) in [5.41, 5.74) is -0.895. The second-order valence-corrected chi connectivity index (χ2v) is 4.56. The molecule has 1 aromatic rings. The number of amides is 1. The van der Waals surface area contributed by atoms with Gasteiger partial charge in [0.15, 0.2) is 0 Å². The quantitative estimate of drug-likeness (QED) is 0.793. The van der Waals surface area contributed by atoms with Gasteiger partial charge in [-0.3, -0.25) is 4.79 Å². The van der Waals surface area contributed by atoms with Gasteiger partial charge in [-0.1, -0.05) is 6.92 Å². The molecule has 0 radical (unpaired) electrons. The van der Waals surface area contributed by atoms with E-state index in [1.165, 1.54) is 0 Å². The number of benzene rings is 1. The first kappa shape index (κ1) is 17.2. The Morgan fingerprint density at radius 2 is 1.81 bits per heavy atom. The molecule has 0 aromatic heterocycles. The minimum atomic E-state index is -3.23. The average molecular weight is 309 g/mol. The summed E-state index contributed by atoms with van der Waals surface area (Å²) in [5.74, 6) is -4.70. The van der Waals surface area contributed by atoms with Gasteiger partial charge in [0.2, 0.25) is 0 Å². The molecule has 0 aliphatic heterocycles. The topological polar surface area (TPSA) is 58.6 Å². The van der Waals surface area contributed by atoms with Gasteiger partial charge < -0.3 is 15.2 Å². The molecule has 21 heavy (non-hydrogen) atoms. The van der Waals surface area contributed by atoms with Crippen molar-refractivity contribution < 1.29 is 32.2 Å². The Balaban J connectivity index is 2.95. The molecule has 1 rings (SSSR count). The fourth-order valence-electron chi connectivity index (χ4n) is 1.52. The van der Waals surface area contributed by atoms with E-state index in [4.69, 9.17) is 5.11 Å². The molecule has 0 aliphatic carbocycles. The lowest BCUT2D eigenvalue weighted by Gasteiger charge is -2.19. The highest BCUT2D eigenvalue weighted by Crippen LogP contribution is 2.22. The minimum absolute atomic E-state index is 0.215. The summed E-state index contributed by atoms with van der Waals surface area (Å²) in [4.78, 5) is 11.8. The van der Waals surface area contributed by atoms with Crippen molar-refractivity contribution in [3.63, 3.8) is 0 Å². The highest BCUT2D eigenvalue weighted by molar-refractivity contribution is 5.95. The van der Waals surface area contributed by atoms with E-state index in [-0.39, 0.29) is 12.5 Å². The van der Waals surface area contributed by atoms with E-state index in [2.05, 4.69) is 10.1 Å². The van der Waals surface area contributed by atoms with E-state index in [0.29, 0.717) is 12.1 Å². The first-order valence-electron chi connectivity index (χ1n) is 6.11. The van der Waals surface area contributed by atoms with Crippen LogP contribution in [0.5, 0.6) is 5.75 Å². The van der Waals surface area contributed by atoms with Crippen LogP contribution in [0.25, 0.3) is 0 Å². The molecule has 0 heterocycles.